The van der Waals surface area contributed by atoms with Crippen molar-refractivity contribution in [3.05, 3.63) is 59.7 Å². The summed E-state index contributed by atoms with van der Waals surface area (Å²) in [5.74, 6) is 0. The molecule has 1 N–H and O–H groups in total. The second-order valence-electron chi connectivity index (χ2n) is 5.63. The first kappa shape index (κ1) is 17.5. The first-order valence-electron chi connectivity index (χ1n) is 7.98. The molecule has 0 saturated heterocycles. The molecule has 0 atom stereocenters. The lowest BCUT2D eigenvalue weighted by Crippen LogP contribution is -2.16. The molecular weight excluding hydrogens is 299 g/mol. The monoisotopic (exact) mass is 321 g/mol. The van der Waals surface area contributed by atoms with Gasteiger partial charge in [0.1, 0.15) is 0 Å². The van der Waals surface area contributed by atoms with Gasteiger partial charge in [-0.3, -0.25) is 0 Å². The van der Waals surface area contributed by atoms with Crippen LogP contribution >= 0.6 is 0 Å². The average molecular weight is 321 g/mol. The molecule has 0 unspecified atom stereocenters. The molecule has 0 aliphatic rings. The van der Waals surface area contributed by atoms with Crippen LogP contribution in [0, 0.1) is 0 Å². The number of benzene rings is 2. The first-order chi connectivity index (χ1) is 11.0. The van der Waals surface area contributed by atoms with Crippen molar-refractivity contribution in [3.63, 3.8) is 0 Å². The predicted octanol–water partition coefficient (Wildman–Crippen LogP) is 5.30. The maximum Gasteiger partial charge on any atom is 0.416 e. The Morgan fingerprint density at radius 3 is 1.91 bits per heavy atom. The van der Waals surface area contributed by atoms with E-state index in [1.807, 2.05) is 24.3 Å². The van der Waals surface area contributed by atoms with Crippen LogP contribution in [0.5, 0.6) is 0 Å². The van der Waals surface area contributed by atoms with Gasteiger partial charge in [0.05, 0.1) is 5.56 Å². The Hall–Kier alpha value is -1.81. The number of alkyl halides is 3. The molecule has 0 saturated carbocycles. The van der Waals surface area contributed by atoms with Crippen LogP contribution in [0.25, 0.3) is 11.1 Å². The van der Waals surface area contributed by atoms with Gasteiger partial charge >= 0.3 is 6.18 Å². The highest BCUT2D eigenvalue weighted by Crippen LogP contribution is 2.31. The molecule has 0 aliphatic heterocycles. The summed E-state index contributed by atoms with van der Waals surface area (Å²) in [6, 6.07) is 13.3. The normalized spacial score (nSPS) is 11.7. The molecule has 4 heteroatoms. The molecule has 2 aromatic rings. The van der Waals surface area contributed by atoms with Crippen LogP contribution in [0.1, 0.15) is 30.9 Å². The van der Waals surface area contributed by atoms with Crippen LogP contribution in [0.15, 0.2) is 48.5 Å². The van der Waals surface area contributed by atoms with Gasteiger partial charge in [0.2, 0.25) is 0 Å². The third kappa shape index (κ3) is 5.39. The average Bonchev–Trinajstić information content (AvgIpc) is 2.55. The van der Waals surface area contributed by atoms with E-state index in [-0.39, 0.29) is 0 Å². The van der Waals surface area contributed by atoms with E-state index >= 15 is 0 Å². The van der Waals surface area contributed by atoms with Crippen LogP contribution in [0.4, 0.5) is 13.2 Å². The van der Waals surface area contributed by atoms with E-state index in [9.17, 15) is 13.2 Å². The third-order valence-corrected chi connectivity index (χ3v) is 3.75. The van der Waals surface area contributed by atoms with E-state index < -0.39 is 11.7 Å². The number of aryl methyl sites for hydroxylation is 1. The van der Waals surface area contributed by atoms with Crippen molar-refractivity contribution in [3.8, 4) is 11.1 Å². The lowest BCUT2D eigenvalue weighted by atomic mass is 10.0. The molecule has 0 heterocycles. The Morgan fingerprint density at radius 2 is 1.39 bits per heavy atom. The fourth-order valence-electron chi connectivity index (χ4n) is 2.43. The molecular formula is C19H22F3N. The smallest absolute Gasteiger partial charge is 0.317 e. The second kappa shape index (κ2) is 8.16. The minimum absolute atomic E-state index is 0.613. The van der Waals surface area contributed by atoms with E-state index in [0.717, 1.165) is 55.6 Å². The van der Waals surface area contributed by atoms with Gasteiger partial charge in [-0.05, 0) is 61.2 Å². The minimum Gasteiger partial charge on any atom is -0.317 e. The molecule has 2 rings (SSSR count). The van der Waals surface area contributed by atoms with Gasteiger partial charge in [0.15, 0.2) is 0 Å². The van der Waals surface area contributed by atoms with Gasteiger partial charge in [-0.25, -0.2) is 0 Å². The fourth-order valence-corrected chi connectivity index (χ4v) is 2.43. The SMILES string of the molecule is CCCNCCCc1ccc(-c2ccc(C(F)(F)F)cc2)cc1. The van der Waals surface area contributed by atoms with Crippen molar-refractivity contribution in [1.29, 1.82) is 0 Å². The van der Waals surface area contributed by atoms with Crippen molar-refractivity contribution in [2.75, 3.05) is 13.1 Å². The maximum atomic E-state index is 12.6. The largest absolute Gasteiger partial charge is 0.416 e. The Morgan fingerprint density at radius 1 is 0.826 bits per heavy atom. The van der Waals surface area contributed by atoms with Crippen LogP contribution in [-0.4, -0.2) is 13.1 Å². The summed E-state index contributed by atoms with van der Waals surface area (Å²) in [5, 5.41) is 3.37. The van der Waals surface area contributed by atoms with E-state index in [4.69, 9.17) is 0 Å². The Balaban J connectivity index is 1.94. The molecule has 0 radical (unpaired) electrons. The summed E-state index contributed by atoms with van der Waals surface area (Å²) in [7, 11) is 0. The zero-order valence-corrected chi connectivity index (χ0v) is 13.3. The topological polar surface area (TPSA) is 12.0 Å². The van der Waals surface area contributed by atoms with Crippen molar-refractivity contribution in [2.24, 2.45) is 0 Å². The van der Waals surface area contributed by atoms with Gasteiger partial charge in [-0.15, -0.1) is 0 Å². The number of nitrogens with one attached hydrogen (secondary N) is 1. The van der Waals surface area contributed by atoms with Crippen LogP contribution in [0.2, 0.25) is 0 Å². The highest BCUT2D eigenvalue weighted by Gasteiger charge is 2.29. The summed E-state index contributed by atoms with van der Waals surface area (Å²) < 4.78 is 37.7. The number of hydrogen-bond donors (Lipinski definition) is 1. The molecule has 0 aromatic heterocycles. The highest BCUT2D eigenvalue weighted by molar-refractivity contribution is 5.64. The molecule has 0 spiro atoms. The Labute approximate surface area is 135 Å². The molecule has 2 aromatic carbocycles. The number of halogens is 3. The van der Waals surface area contributed by atoms with Gasteiger partial charge in [0, 0.05) is 0 Å². The van der Waals surface area contributed by atoms with Crippen molar-refractivity contribution in [1.82, 2.24) is 5.32 Å². The van der Waals surface area contributed by atoms with Crippen LogP contribution < -0.4 is 5.32 Å². The van der Waals surface area contributed by atoms with Crippen molar-refractivity contribution < 1.29 is 13.2 Å². The number of rotatable bonds is 7. The van der Waals surface area contributed by atoms with Crippen LogP contribution in [-0.2, 0) is 12.6 Å². The maximum absolute atomic E-state index is 12.6. The molecule has 0 fully saturated rings. The highest BCUT2D eigenvalue weighted by atomic mass is 19.4. The van der Waals surface area contributed by atoms with Crippen molar-refractivity contribution in [2.45, 2.75) is 32.4 Å². The molecule has 0 aliphatic carbocycles. The molecule has 124 valence electrons. The van der Waals surface area contributed by atoms with Gasteiger partial charge in [-0.2, -0.15) is 13.2 Å². The lowest BCUT2D eigenvalue weighted by Gasteiger charge is -2.08. The van der Waals surface area contributed by atoms with Crippen LogP contribution in [0.3, 0.4) is 0 Å². The van der Waals surface area contributed by atoms with E-state index in [0.29, 0.717) is 0 Å². The van der Waals surface area contributed by atoms with Gasteiger partial charge in [-0.1, -0.05) is 43.3 Å². The Bertz CT molecular complexity index is 586. The second-order valence-corrected chi connectivity index (χ2v) is 5.63. The van der Waals surface area contributed by atoms with E-state index in [2.05, 4.69) is 12.2 Å². The quantitative estimate of drug-likeness (QED) is 0.682. The minimum atomic E-state index is -4.28. The molecule has 0 bridgehead atoms. The first-order valence-corrected chi connectivity index (χ1v) is 7.98. The Kier molecular flexibility index (Phi) is 6.22. The molecule has 23 heavy (non-hydrogen) atoms. The third-order valence-electron chi connectivity index (χ3n) is 3.75. The number of hydrogen-bond acceptors (Lipinski definition) is 1. The van der Waals surface area contributed by atoms with Crippen molar-refractivity contribution >= 4 is 0 Å². The van der Waals surface area contributed by atoms with Gasteiger partial charge < -0.3 is 5.32 Å². The van der Waals surface area contributed by atoms with E-state index in [1.165, 1.54) is 17.7 Å². The summed E-state index contributed by atoms with van der Waals surface area (Å²) in [4.78, 5) is 0. The zero-order valence-electron chi connectivity index (χ0n) is 13.3. The zero-order chi connectivity index (χ0) is 16.7. The summed E-state index contributed by atoms with van der Waals surface area (Å²) in [6.45, 7) is 4.20. The summed E-state index contributed by atoms with van der Waals surface area (Å²) in [5.41, 5.74) is 2.37. The predicted molar refractivity (Wildman–Crippen MR) is 88.4 cm³/mol. The summed E-state index contributed by atoms with van der Waals surface area (Å²) >= 11 is 0. The molecule has 1 nitrogen and oxygen atoms in total. The standard InChI is InChI=1S/C19H22F3N/c1-2-13-23-14-3-4-15-5-7-16(8-6-15)17-9-11-18(12-10-17)19(20,21)22/h5-12,23H,2-4,13-14H2,1H3. The lowest BCUT2D eigenvalue weighted by molar-refractivity contribution is -0.137. The van der Waals surface area contributed by atoms with E-state index in [1.54, 1.807) is 0 Å². The summed E-state index contributed by atoms with van der Waals surface area (Å²) in [6.07, 6.45) is -1.06. The fraction of sp³-hybridized carbons (Fsp3) is 0.368. The van der Waals surface area contributed by atoms with Gasteiger partial charge in [0.25, 0.3) is 0 Å². The molecule has 0 amide bonds.